The number of hydrogen-bond donors (Lipinski definition) is 0. The van der Waals surface area contributed by atoms with Crippen molar-refractivity contribution in [1.29, 1.82) is 0 Å². The van der Waals surface area contributed by atoms with E-state index in [9.17, 15) is 4.79 Å². The standard InChI is InChI=1S/C17H18ClO3P/c1-4-21-12-8-9-15(11(2)10-12)22-17(19)16-13(18)6-5-7-14(16)20-3/h5-10,22H,4H2,1-3H3. The lowest BCUT2D eigenvalue weighted by molar-refractivity contribution is 0.108. The Bertz CT molecular complexity index is 686. The Morgan fingerprint density at radius 2 is 2.05 bits per heavy atom. The van der Waals surface area contributed by atoms with Crippen molar-refractivity contribution in [3.05, 3.63) is 52.5 Å². The number of halogens is 1. The van der Waals surface area contributed by atoms with Crippen LogP contribution in [0.3, 0.4) is 0 Å². The first-order valence-electron chi connectivity index (χ1n) is 6.94. The van der Waals surface area contributed by atoms with Crippen molar-refractivity contribution in [1.82, 2.24) is 0 Å². The Labute approximate surface area is 137 Å². The zero-order chi connectivity index (χ0) is 16.1. The number of methoxy groups -OCH3 is 1. The van der Waals surface area contributed by atoms with E-state index >= 15 is 0 Å². The van der Waals surface area contributed by atoms with Gasteiger partial charge in [-0.25, -0.2) is 0 Å². The van der Waals surface area contributed by atoms with E-state index in [1.54, 1.807) is 18.2 Å². The van der Waals surface area contributed by atoms with Gasteiger partial charge in [-0.3, -0.25) is 4.79 Å². The number of ether oxygens (including phenoxy) is 2. The van der Waals surface area contributed by atoms with Gasteiger partial charge in [0.15, 0.2) is 5.52 Å². The Hall–Kier alpha value is -1.57. The van der Waals surface area contributed by atoms with E-state index in [0.29, 0.717) is 22.9 Å². The minimum absolute atomic E-state index is 0.0101. The highest BCUT2D eigenvalue weighted by atomic mass is 35.5. The lowest BCUT2D eigenvalue weighted by Gasteiger charge is -2.11. The van der Waals surface area contributed by atoms with E-state index < -0.39 is 0 Å². The molecule has 22 heavy (non-hydrogen) atoms. The highest BCUT2D eigenvalue weighted by Crippen LogP contribution is 2.32. The fourth-order valence-electron chi connectivity index (χ4n) is 2.11. The summed E-state index contributed by atoms with van der Waals surface area (Å²) >= 11 is 6.16. The third-order valence-corrected chi connectivity index (χ3v) is 4.80. The lowest BCUT2D eigenvalue weighted by Crippen LogP contribution is -2.07. The summed E-state index contributed by atoms with van der Waals surface area (Å²) in [5.41, 5.74) is 1.44. The predicted octanol–water partition coefficient (Wildman–Crippen LogP) is 4.20. The van der Waals surface area contributed by atoms with Crippen molar-refractivity contribution in [3.63, 3.8) is 0 Å². The number of rotatable bonds is 6. The summed E-state index contributed by atoms with van der Waals surface area (Å²) in [5, 5.41) is 1.40. The minimum atomic E-state index is -0.0327. The zero-order valence-electron chi connectivity index (χ0n) is 12.8. The van der Waals surface area contributed by atoms with Gasteiger partial charge in [0.25, 0.3) is 0 Å². The van der Waals surface area contributed by atoms with Crippen LogP contribution < -0.4 is 14.8 Å². The summed E-state index contributed by atoms with van der Waals surface area (Å²) in [4.78, 5) is 12.6. The van der Waals surface area contributed by atoms with Crippen molar-refractivity contribution in [2.75, 3.05) is 13.7 Å². The fourth-order valence-corrected chi connectivity index (χ4v) is 3.51. The summed E-state index contributed by atoms with van der Waals surface area (Å²) in [6, 6.07) is 11.0. The first-order chi connectivity index (χ1) is 10.6. The highest BCUT2D eigenvalue weighted by Gasteiger charge is 2.17. The third kappa shape index (κ3) is 3.79. The quantitative estimate of drug-likeness (QED) is 0.742. The molecular weight excluding hydrogens is 319 g/mol. The smallest absolute Gasteiger partial charge is 0.190 e. The maximum Gasteiger partial charge on any atom is 0.190 e. The van der Waals surface area contributed by atoms with E-state index in [4.69, 9.17) is 21.1 Å². The molecule has 116 valence electrons. The van der Waals surface area contributed by atoms with Gasteiger partial charge >= 0.3 is 0 Å². The van der Waals surface area contributed by atoms with Crippen LogP contribution in [0.4, 0.5) is 0 Å². The van der Waals surface area contributed by atoms with Crippen molar-refractivity contribution < 1.29 is 14.3 Å². The second kappa shape index (κ2) is 7.62. The summed E-state index contributed by atoms with van der Waals surface area (Å²) in [7, 11) is 1.53. The van der Waals surface area contributed by atoms with E-state index in [0.717, 1.165) is 16.6 Å². The van der Waals surface area contributed by atoms with Crippen molar-refractivity contribution in [2.24, 2.45) is 0 Å². The molecule has 0 fully saturated rings. The second-order valence-corrected chi connectivity index (χ2v) is 6.33. The topological polar surface area (TPSA) is 35.5 Å². The molecule has 0 aliphatic heterocycles. The Balaban J connectivity index is 2.26. The Morgan fingerprint density at radius 3 is 2.68 bits per heavy atom. The second-order valence-electron chi connectivity index (χ2n) is 4.68. The van der Waals surface area contributed by atoms with Crippen LogP contribution in [0.2, 0.25) is 5.02 Å². The van der Waals surface area contributed by atoms with Gasteiger partial charge in [-0.1, -0.05) is 23.7 Å². The first-order valence-corrected chi connectivity index (χ1v) is 8.32. The molecule has 0 bridgehead atoms. The molecule has 0 aliphatic rings. The summed E-state index contributed by atoms with van der Waals surface area (Å²) in [5.74, 6) is 1.32. The largest absolute Gasteiger partial charge is 0.496 e. The van der Waals surface area contributed by atoms with Gasteiger partial charge in [-0.15, -0.1) is 0 Å². The van der Waals surface area contributed by atoms with E-state index in [-0.39, 0.29) is 14.1 Å². The van der Waals surface area contributed by atoms with Crippen molar-refractivity contribution >= 4 is 31.0 Å². The van der Waals surface area contributed by atoms with E-state index in [1.165, 1.54) is 7.11 Å². The van der Waals surface area contributed by atoms with E-state index in [1.807, 2.05) is 32.0 Å². The maximum absolute atomic E-state index is 12.6. The van der Waals surface area contributed by atoms with Gasteiger partial charge in [0, 0.05) is 0 Å². The molecule has 1 atom stereocenters. The first kappa shape index (κ1) is 16.8. The summed E-state index contributed by atoms with van der Waals surface area (Å²) in [6.45, 7) is 4.54. The molecule has 0 heterocycles. The maximum atomic E-state index is 12.6. The number of benzene rings is 2. The average Bonchev–Trinajstić information content (AvgIpc) is 2.49. The lowest BCUT2D eigenvalue weighted by atomic mass is 10.2. The van der Waals surface area contributed by atoms with Crippen LogP contribution in [0.1, 0.15) is 22.8 Å². The zero-order valence-corrected chi connectivity index (χ0v) is 14.5. The van der Waals surface area contributed by atoms with Crippen molar-refractivity contribution in [3.8, 4) is 11.5 Å². The molecule has 5 heteroatoms. The molecule has 0 amide bonds. The molecule has 0 saturated carbocycles. The molecule has 3 nitrogen and oxygen atoms in total. The fraction of sp³-hybridized carbons (Fsp3) is 0.235. The Morgan fingerprint density at radius 1 is 1.27 bits per heavy atom. The van der Waals surface area contributed by atoms with Gasteiger partial charge in [0.05, 0.1) is 24.3 Å². The van der Waals surface area contributed by atoms with Crippen LogP contribution in [0, 0.1) is 6.92 Å². The van der Waals surface area contributed by atoms with Gasteiger partial charge in [-0.05, 0) is 57.6 Å². The molecule has 2 rings (SSSR count). The molecule has 1 unspecified atom stereocenters. The van der Waals surface area contributed by atoms with Gasteiger partial charge in [-0.2, -0.15) is 0 Å². The molecule has 2 aromatic rings. The summed E-state index contributed by atoms with van der Waals surface area (Å²) < 4.78 is 10.7. The number of hydrogen-bond acceptors (Lipinski definition) is 3. The van der Waals surface area contributed by atoms with Crippen LogP contribution >= 0.6 is 20.2 Å². The molecule has 0 radical (unpaired) electrons. The summed E-state index contributed by atoms with van der Waals surface area (Å²) in [6.07, 6.45) is 0. The van der Waals surface area contributed by atoms with Crippen LogP contribution in [-0.2, 0) is 0 Å². The number of aryl methyl sites for hydroxylation is 1. The molecule has 0 spiro atoms. The molecule has 0 N–H and O–H groups in total. The molecule has 0 aromatic heterocycles. The minimum Gasteiger partial charge on any atom is -0.496 e. The molecule has 2 aromatic carbocycles. The third-order valence-electron chi connectivity index (χ3n) is 3.18. The van der Waals surface area contributed by atoms with E-state index in [2.05, 4.69) is 0 Å². The number of carbonyl (C=O) groups excluding carboxylic acids is 1. The molecule has 0 saturated heterocycles. The molecule has 0 aliphatic carbocycles. The van der Waals surface area contributed by atoms with Crippen LogP contribution in [-0.4, -0.2) is 19.2 Å². The SMILES string of the molecule is CCOc1ccc(PC(=O)c2c(Cl)cccc2OC)c(C)c1. The van der Waals surface area contributed by atoms with Gasteiger partial charge in [0.1, 0.15) is 11.5 Å². The Kier molecular flexibility index (Phi) is 5.82. The van der Waals surface area contributed by atoms with Gasteiger partial charge < -0.3 is 9.47 Å². The van der Waals surface area contributed by atoms with Crippen molar-refractivity contribution in [2.45, 2.75) is 13.8 Å². The highest BCUT2D eigenvalue weighted by molar-refractivity contribution is 7.66. The normalized spacial score (nSPS) is 10.9. The molecular formula is C17H18ClO3P. The monoisotopic (exact) mass is 336 g/mol. The predicted molar refractivity (Wildman–Crippen MR) is 92.6 cm³/mol. The van der Waals surface area contributed by atoms with Crippen LogP contribution in [0.25, 0.3) is 0 Å². The van der Waals surface area contributed by atoms with Crippen LogP contribution in [0.15, 0.2) is 36.4 Å². The van der Waals surface area contributed by atoms with Crippen LogP contribution in [0.5, 0.6) is 11.5 Å². The number of carbonyl (C=O) groups is 1. The average molecular weight is 337 g/mol. The van der Waals surface area contributed by atoms with Gasteiger partial charge in [0.2, 0.25) is 0 Å².